The maximum absolute atomic E-state index is 5.96. The van der Waals surface area contributed by atoms with Gasteiger partial charge < -0.3 is 10.1 Å². The van der Waals surface area contributed by atoms with Crippen molar-refractivity contribution in [3.8, 4) is 5.75 Å². The summed E-state index contributed by atoms with van der Waals surface area (Å²) in [4.78, 5) is 4.14. The number of unbranched alkanes of at least 4 members (excludes halogenated alkanes) is 1. The highest BCUT2D eigenvalue weighted by Gasteiger charge is 2.09. The van der Waals surface area contributed by atoms with Crippen LogP contribution in [-0.2, 0) is 6.54 Å². The van der Waals surface area contributed by atoms with E-state index in [1.807, 2.05) is 19.3 Å². The van der Waals surface area contributed by atoms with Gasteiger partial charge >= 0.3 is 0 Å². The molecule has 18 heavy (non-hydrogen) atoms. The van der Waals surface area contributed by atoms with Crippen molar-refractivity contribution in [3.63, 3.8) is 0 Å². The van der Waals surface area contributed by atoms with E-state index in [9.17, 15) is 0 Å². The molecule has 0 aliphatic heterocycles. The van der Waals surface area contributed by atoms with Crippen LogP contribution in [0.5, 0.6) is 5.75 Å². The summed E-state index contributed by atoms with van der Waals surface area (Å²) in [6.45, 7) is 6.10. The molecule has 1 unspecified atom stereocenters. The molecule has 0 bridgehead atoms. The van der Waals surface area contributed by atoms with Gasteiger partial charge in [0.15, 0.2) is 0 Å². The zero-order valence-corrected chi connectivity index (χ0v) is 11.9. The van der Waals surface area contributed by atoms with Gasteiger partial charge in [0, 0.05) is 24.5 Å². The lowest BCUT2D eigenvalue weighted by molar-refractivity contribution is 0.231. The van der Waals surface area contributed by atoms with Crippen LogP contribution in [0.25, 0.3) is 0 Å². The zero-order valence-electron chi connectivity index (χ0n) is 11.9. The summed E-state index contributed by atoms with van der Waals surface area (Å²) >= 11 is 0. The van der Waals surface area contributed by atoms with Crippen molar-refractivity contribution in [2.24, 2.45) is 5.92 Å². The summed E-state index contributed by atoms with van der Waals surface area (Å²) in [6, 6.07) is 1.96. The predicted molar refractivity (Wildman–Crippen MR) is 75.8 cm³/mol. The number of rotatable bonds is 9. The number of nitrogens with zero attached hydrogens (tertiary/aromatic N) is 1. The van der Waals surface area contributed by atoms with Gasteiger partial charge in [-0.15, -0.1) is 0 Å². The average molecular weight is 250 g/mol. The number of nitrogens with one attached hydrogen (secondary N) is 1. The van der Waals surface area contributed by atoms with Crippen LogP contribution in [-0.4, -0.2) is 18.6 Å². The lowest BCUT2D eigenvalue weighted by Crippen LogP contribution is -2.13. The second-order valence-electron chi connectivity index (χ2n) is 4.74. The number of hydrogen-bond acceptors (Lipinski definition) is 3. The van der Waals surface area contributed by atoms with Gasteiger partial charge in [0.05, 0.1) is 6.61 Å². The number of hydrogen-bond donors (Lipinski definition) is 1. The minimum absolute atomic E-state index is 0.667. The van der Waals surface area contributed by atoms with Crippen molar-refractivity contribution in [3.05, 3.63) is 24.0 Å². The molecule has 0 spiro atoms. The topological polar surface area (TPSA) is 34.1 Å². The molecule has 1 aromatic heterocycles. The molecule has 1 heterocycles. The van der Waals surface area contributed by atoms with E-state index in [-0.39, 0.29) is 0 Å². The third-order valence-corrected chi connectivity index (χ3v) is 3.24. The second-order valence-corrected chi connectivity index (χ2v) is 4.74. The minimum atomic E-state index is 0.667. The third-order valence-electron chi connectivity index (χ3n) is 3.24. The molecule has 0 amide bonds. The third kappa shape index (κ3) is 5.05. The fourth-order valence-electron chi connectivity index (χ4n) is 1.98. The van der Waals surface area contributed by atoms with Crippen LogP contribution in [0.15, 0.2) is 18.5 Å². The lowest BCUT2D eigenvalue weighted by Gasteiger charge is -2.17. The Morgan fingerprint density at radius 2 is 2.22 bits per heavy atom. The molecule has 0 aliphatic carbocycles. The number of ether oxygens (including phenoxy) is 1. The molecule has 0 saturated carbocycles. The van der Waals surface area contributed by atoms with Crippen molar-refractivity contribution in [1.29, 1.82) is 0 Å². The Kier molecular flexibility index (Phi) is 7.42. The van der Waals surface area contributed by atoms with Crippen molar-refractivity contribution >= 4 is 0 Å². The summed E-state index contributed by atoms with van der Waals surface area (Å²) in [6.07, 6.45) is 8.67. The highest BCUT2D eigenvalue weighted by Crippen LogP contribution is 2.19. The molecule has 1 aromatic rings. The standard InChI is InChI=1S/C15H26N2O/c1-4-6-7-13(5-2)12-18-15-8-9-17-11-14(15)10-16-3/h8-9,11,13,16H,4-7,10,12H2,1-3H3. The van der Waals surface area contributed by atoms with E-state index < -0.39 is 0 Å². The highest BCUT2D eigenvalue weighted by molar-refractivity contribution is 5.29. The maximum atomic E-state index is 5.96. The summed E-state index contributed by atoms with van der Waals surface area (Å²) < 4.78 is 5.96. The molecule has 102 valence electrons. The Balaban J connectivity index is 2.50. The Bertz CT molecular complexity index is 328. The van der Waals surface area contributed by atoms with Gasteiger partial charge in [-0.05, 0) is 25.5 Å². The number of pyridine rings is 1. The minimum Gasteiger partial charge on any atom is -0.493 e. The van der Waals surface area contributed by atoms with Crippen LogP contribution in [0.2, 0.25) is 0 Å². The van der Waals surface area contributed by atoms with E-state index in [0.29, 0.717) is 5.92 Å². The second kappa shape index (κ2) is 8.92. The van der Waals surface area contributed by atoms with Crippen molar-refractivity contribution < 1.29 is 4.74 Å². The Hall–Kier alpha value is -1.09. The van der Waals surface area contributed by atoms with Crippen LogP contribution in [0.4, 0.5) is 0 Å². The monoisotopic (exact) mass is 250 g/mol. The fourth-order valence-corrected chi connectivity index (χ4v) is 1.98. The van der Waals surface area contributed by atoms with E-state index in [1.54, 1.807) is 6.20 Å². The Morgan fingerprint density at radius 3 is 2.89 bits per heavy atom. The van der Waals surface area contributed by atoms with Crippen molar-refractivity contribution in [2.75, 3.05) is 13.7 Å². The SMILES string of the molecule is CCCCC(CC)COc1ccncc1CNC. The molecule has 0 aromatic carbocycles. The molecule has 1 atom stereocenters. The van der Waals surface area contributed by atoms with Gasteiger partial charge in [-0.1, -0.05) is 33.1 Å². The first kappa shape index (κ1) is 15.0. The highest BCUT2D eigenvalue weighted by atomic mass is 16.5. The quantitative estimate of drug-likeness (QED) is 0.729. The summed E-state index contributed by atoms with van der Waals surface area (Å²) in [5.41, 5.74) is 1.13. The Morgan fingerprint density at radius 1 is 1.39 bits per heavy atom. The van der Waals surface area contributed by atoms with Crippen LogP contribution < -0.4 is 10.1 Å². The van der Waals surface area contributed by atoms with Gasteiger partial charge in [0.25, 0.3) is 0 Å². The normalized spacial score (nSPS) is 12.4. The van der Waals surface area contributed by atoms with Crippen LogP contribution in [0.3, 0.4) is 0 Å². The summed E-state index contributed by atoms with van der Waals surface area (Å²) in [7, 11) is 1.94. The lowest BCUT2D eigenvalue weighted by atomic mass is 10.0. The molecule has 0 radical (unpaired) electrons. The molecule has 0 aliphatic rings. The van der Waals surface area contributed by atoms with E-state index in [0.717, 1.165) is 24.5 Å². The fraction of sp³-hybridized carbons (Fsp3) is 0.667. The number of aromatic nitrogens is 1. The molecule has 1 N–H and O–H groups in total. The molecular weight excluding hydrogens is 224 g/mol. The smallest absolute Gasteiger partial charge is 0.126 e. The zero-order chi connectivity index (χ0) is 13.2. The maximum Gasteiger partial charge on any atom is 0.126 e. The van der Waals surface area contributed by atoms with E-state index in [4.69, 9.17) is 4.74 Å². The van der Waals surface area contributed by atoms with Gasteiger partial charge in [-0.3, -0.25) is 4.98 Å². The first-order valence-electron chi connectivity index (χ1n) is 7.02. The van der Waals surface area contributed by atoms with Crippen LogP contribution in [0.1, 0.15) is 45.1 Å². The van der Waals surface area contributed by atoms with E-state index in [2.05, 4.69) is 24.1 Å². The first-order valence-corrected chi connectivity index (χ1v) is 7.02. The summed E-state index contributed by atoms with van der Waals surface area (Å²) in [5, 5.41) is 3.14. The van der Waals surface area contributed by atoms with Gasteiger partial charge in [-0.25, -0.2) is 0 Å². The molecule has 0 fully saturated rings. The summed E-state index contributed by atoms with van der Waals surface area (Å²) in [5.74, 6) is 1.63. The van der Waals surface area contributed by atoms with E-state index in [1.165, 1.54) is 25.7 Å². The average Bonchev–Trinajstić information content (AvgIpc) is 2.41. The van der Waals surface area contributed by atoms with E-state index >= 15 is 0 Å². The Labute approximate surface area is 111 Å². The first-order chi connectivity index (χ1) is 8.81. The molecule has 3 nitrogen and oxygen atoms in total. The van der Waals surface area contributed by atoms with Gasteiger partial charge in [0.2, 0.25) is 0 Å². The van der Waals surface area contributed by atoms with Crippen molar-refractivity contribution in [2.45, 2.75) is 46.1 Å². The largest absolute Gasteiger partial charge is 0.493 e. The molecule has 0 saturated heterocycles. The molecular formula is C15H26N2O. The van der Waals surface area contributed by atoms with Crippen LogP contribution >= 0.6 is 0 Å². The molecule has 1 rings (SSSR count). The van der Waals surface area contributed by atoms with Gasteiger partial charge in [0.1, 0.15) is 5.75 Å². The predicted octanol–water partition coefficient (Wildman–Crippen LogP) is 3.40. The molecule has 3 heteroatoms. The van der Waals surface area contributed by atoms with Crippen molar-refractivity contribution in [1.82, 2.24) is 10.3 Å². The van der Waals surface area contributed by atoms with Gasteiger partial charge in [-0.2, -0.15) is 0 Å². The van der Waals surface area contributed by atoms with Crippen LogP contribution in [0, 0.1) is 5.92 Å².